The predicted molar refractivity (Wildman–Crippen MR) is 82.5 cm³/mol. The van der Waals surface area contributed by atoms with Crippen molar-refractivity contribution in [2.75, 3.05) is 0 Å². The third kappa shape index (κ3) is 2.12. The van der Waals surface area contributed by atoms with Crippen molar-refractivity contribution in [3.8, 4) is 11.3 Å². The first-order chi connectivity index (χ1) is 9.70. The lowest BCUT2D eigenvalue weighted by Gasteiger charge is -2.10. The minimum atomic E-state index is -0.874. The van der Waals surface area contributed by atoms with Crippen molar-refractivity contribution in [3.63, 3.8) is 0 Å². The molecule has 0 aliphatic carbocycles. The molecule has 1 N–H and O–H groups in total. The summed E-state index contributed by atoms with van der Waals surface area (Å²) in [7, 11) is 0. The van der Waals surface area contributed by atoms with Gasteiger partial charge in [-0.3, -0.25) is 0 Å². The maximum Gasteiger partial charge on any atom is 0.352 e. The van der Waals surface area contributed by atoms with Gasteiger partial charge in [-0.1, -0.05) is 13.0 Å². The molecule has 0 aliphatic heterocycles. The van der Waals surface area contributed by atoms with Crippen LogP contribution in [0.5, 0.6) is 0 Å². The van der Waals surface area contributed by atoms with Crippen molar-refractivity contribution in [3.05, 3.63) is 47.5 Å². The molecule has 2 aromatic heterocycles. The molecule has 1 aromatic carbocycles. The zero-order chi connectivity index (χ0) is 14.1. The van der Waals surface area contributed by atoms with Crippen molar-refractivity contribution < 1.29 is 9.90 Å². The van der Waals surface area contributed by atoms with Gasteiger partial charge in [0.25, 0.3) is 0 Å². The lowest BCUT2D eigenvalue weighted by molar-refractivity contribution is 0.0685. The summed E-state index contributed by atoms with van der Waals surface area (Å²) in [5.41, 5.74) is 2.39. The van der Waals surface area contributed by atoms with Crippen LogP contribution in [-0.4, -0.2) is 15.6 Å². The number of carboxylic acid groups (broad SMARTS) is 1. The standard InChI is InChI=1S/C16H15NO2S/c1-2-8-17-13(4-5-14(17)16(18)19)11-3-6-15-12(10-11)7-9-20-15/h3-7,9-10H,2,8H2,1H3,(H,18,19). The Morgan fingerprint density at radius 2 is 2.10 bits per heavy atom. The highest BCUT2D eigenvalue weighted by atomic mass is 32.1. The highest BCUT2D eigenvalue weighted by Crippen LogP contribution is 2.29. The largest absolute Gasteiger partial charge is 0.477 e. The average Bonchev–Trinajstić information content (AvgIpc) is 3.04. The Bertz CT molecular complexity index is 770. The van der Waals surface area contributed by atoms with E-state index in [1.807, 2.05) is 10.6 Å². The Balaban J connectivity index is 2.14. The smallest absolute Gasteiger partial charge is 0.352 e. The Kier molecular flexibility index (Phi) is 3.32. The van der Waals surface area contributed by atoms with Crippen LogP contribution in [0.2, 0.25) is 0 Å². The number of hydrogen-bond donors (Lipinski definition) is 1. The maximum absolute atomic E-state index is 11.3. The van der Waals surface area contributed by atoms with Crippen molar-refractivity contribution in [1.29, 1.82) is 0 Å². The number of hydrogen-bond acceptors (Lipinski definition) is 2. The minimum Gasteiger partial charge on any atom is -0.477 e. The van der Waals surface area contributed by atoms with E-state index in [1.54, 1.807) is 17.4 Å². The highest BCUT2D eigenvalue weighted by molar-refractivity contribution is 7.17. The number of thiophene rings is 1. The van der Waals surface area contributed by atoms with Gasteiger partial charge >= 0.3 is 5.97 Å². The molecule has 3 aromatic rings. The van der Waals surface area contributed by atoms with E-state index in [4.69, 9.17) is 0 Å². The number of nitrogens with zero attached hydrogens (tertiary/aromatic N) is 1. The van der Waals surface area contributed by atoms with E-state index < -0.39 is 5.97 Å². The number of aromatic nitrogens is 1. The van der Waals surface area contributed by atoms with Crippen molar-refractivity contribution in [2.24, 2.45) is 0 Å². The molecule has 0 aliphatic rings. The number of fused-ring (bicyclic) bond motifs is 1. The van der Waals surface area contributed by atoms with Gasteiger partial charge in [-0.05, 0) is 53.1 Å². The van der Waals surface area contributed by atoms with Gasteiger partial charge in [0.2, 0.25) is 0 Å². The van der Waals surface area contributed by atoms with Gasteiger partial charge in [0, 0.05) is 16.9 Å². The lowest BCUT2D eigenvalue weighted by Crippen LogP contribution is -2.09. The molecule has 0 fully saturated rings. The summed E-state index contributed by atoms with van der Waals surface area (Å²) >= 11 is 1.71. The van der Waals surface area contributed by atoms with E-state index in [2.05, 4.69) is 36.6 Å². The number of rotatable bonds is 4. The van der Waals surface area contributed by atoms with Gasteiger partial charge in [0.15, 0.2) is 0 Å². The minimum absolute atomic E-state index is 0.354. The molecule has 4 heteroatoms. The lowest BCUT2D eigenvalue weighted by atomic mass is 10.1. The van der Waals surface area contributed by atoms with Crippen LogP contribution in [0, 0.1) is 0 Å². The summed E-state index contributed by atoms with van der Waals surface area (Å²) in [6.45, 7) is 2.77. The molecule has 3 nitrogen and oxygen atoms in total. The second-order valence-electron chi connectivity index (χ2n) is 4.73. The summed E-state index contributed by atoms with van der Waals surface area (Å²) in [6.07, 6.45) is 0.905. The SMILES string of the molecule is CCCn1c(C(=O)O)ccc1-c1ccc2sccc2c1. The highest BCUT2D eigenvalue weighted by Gasteiger charge is 2.14. The summed E-state index contributed by atoms with van der Waals surface area (Å²) < 4.78 is 3.14. The molecule has 0 amide bonds. The first-order valence-corrected chi connectivity index (χ1v) is 7.49. The molecule has 20 heavy (non-hydrogen) atoms. The van der Waals surface area contributed by atoms with Crippen LogP contribution in [0.1, 0.15) is 23.8 Å². The van der Waals surface area contributed by atoms with E-state index in [1.165, 1.54) is 10.1 Å². The van der Waals surface area contributed by atoms with Crippen molar-refractivity contribution in [1.82, 2.24) is 4.57 Å². The molecular formula is C16H15NO2S. The fourth-order valence-corrected chi connectivity index (χ4v) is 3.27. The first kappa shape index (κ1) is 12.9. The van der Waals surface area contributed by atoms with Gasteiger partial charge in [-0.15, -0.1) is 11.3 Å². The van der Waals surface area contributed by atoms with Crippen LogP contribution in [0.4, 0.5) is 0 Å². The fourth-order valence-electron chi connectivity index (χ4n) is 2.50. The van der Waals surface area contributed by atoms with Gasteiger partial charge in [0.1, 0.15) is 5.69 Å². The number of carboxylic acids is 1. The van der Waals surface area contributed by atoms with Crippen LogP contribution >= 0.6 is 11.3 Å². The van der Waals surface area contributed by atoms with Gasteiger partial charge in [-0.25, -0.2) is 4.79 Å². The third-order valence-electron chi connectivity index (χ3n) is 3.40. The zero-order valence-electron chi connectivity index (χ0n) is 11.2. The third-order valence-corrected chi connectivity index (χ3v) is 4.29. The zero-order valence-corrected chi connectivity index (χ0v) is 12.0. The Morgan fingerprint density at radius 3 is 2.85 bits per heavy atom. The second kappa shape index (κ2) is 5.13. The first-order valence-electron chi connectivity index (χ1n) is 6.61. The number of carbonyl (C=O) groups is 1. The molecule has 0 saturated heterocycles. The molecule has 102 valence electrons. The second-order valence-corrected chi connectivity index (χ2v) is 5.68. The van der Waals surface area contributed by atoms with Crippen molar-refractivity contribution >= 4 is 27.4 Å². The summed E-state index contributed by atoms with van der Waals surface area (Å²) in [6, 6.07) is 12.0. The van der Waals surface area contributed by atoms with Gasteiger partial charge in [-0.2, -0.15) is 0 Å². The summed E-state index contributed by atoms with van der Waals surface area (Å²) in [5.74, 6) is -0.874. The van der Waals surface area contributed by atoms with Crippen molar-refractivity contribution in [2.45, 2.75) is 19.9 Å². The molecule has 0 bridgehead atoms. The monoisotopic (exact) mass is 285 g/mol. The van der Waals surface area contributed by atoms with Crippen LogP contribution in [0.3, 0.4) is 0 Å². The fraction of sp³-hybridized carbons (Fsp3) is 0.188. The van der Waals surface area contributed by atoms with E-state index in [0.29, 0.717) is 12.2 Å². The normalized spacial score (nSPS) is 11.1. The van der Waals surface area contributed by atoms with E-state index in [0.717, 1.165) is 17.7 Å². The molecule has 3 rings (SSSR count). The molecule has 0 atom stereocenters. The molecule has 0 radical (unpaired) electrons. The molecule has 0 unspecified atom stereocenters. The van der Waals surface area contributed by atoms with Crippen LogP contribution in [-0.2, 0) is 6.54 Å². The number of benzene rings is 1. The Labute approximate surface area is 121 Å². The van der Waals surface area contributed by atoms with Gasteiger partial charge in [0.05, 0.1) is 0 Å². The van der Waals surface area contributed by atoms with E-state index in [9.17, 15) is 9.90 Å². The molecule has 2 heterocycles. The van der Waals surface area contributed by atoms with E-state index in [-0.39, 0.29) is 0 Å². The molecule has 0 saturated carbocycles. The topological polar surface area (TPSA) is 42.2 Å². The van der Waals surface area contributed by atoms with E-state index >= 15 is 0 Å². The van der Waals surface area contributed by atoms with Crippen LogP contribution < -0.4 is 0 Å². The van der Waals surface area contributed by atoms with Gasteiger partial charge < -0.3 is 9.67 Å². The predicted octanol–water partition coefficient (Wildman–Crippen LogP) is 4.48. The van der Waals surface area contributed by atoms with Crippen LogP contribution in [0.15, 0.2) is 41.8 Å². The summed E-state index contributed by atoms with van der Waals surface area (Å²) in [4.78, 5) is 11.3. The van der Waals surface area contributed by atoms with Crippen LogP contribution in [0.25, 0.3) is 21.3 Å². The quantitative estimate of drug-likeness (QED) is 0.768. The Morgan fingerprint density at radius 1 is 1.25 bits per heavy atom. The Hall–Kier alpha value is -2.07. The molecular weight excluding hydrogens is 270 g/mol. The summed E-state index contributed by atoms with van der Waals surface area (Å²) in [5, 5.41) is 12.5. The number of aromatic carboxylic acids is 1. The average molecular weight is 285 g/mol. The maximum atomic E-state index is 11.3. The molecule has 0 spiro atoms.